The number of aliphatic hydroxyl groups excluding tert-OH is 2. The average molecular weight is 997 g/mol. The van der Waals surface area contributed by atoms with Crippen LogP contribution in [0.1, 0.15) is 328 Å². The summed E-state index contributed by atoms with van der Waals surface area (Å²) in [5.74, 6) is -0.0809. The predicted molar refractivity (Wildman–Crippen MR) is 310 cm³/mol. The van der Waals surface area contributed by atoms with E-state index in [1.165, 1.54) is 244 Å². The van der Waals surface area contributed by atoms with E-state index in [2.05, 4.69) is 55.6 Å². The maximum Gasteiger partial charge on any atom is 0.305 e. The maximum atomic E-state index is 12.5. The van der Waals surface area contributed by atoms with Crippen molar-refractivity contribution in [3.8, 4) is 0 Å². The molecule has 0 aliphatic carbocycles. The Morgan fingerprint density at radius 3 is 1.10 bits per heavy atom. The molecule has 0 spiro atoms. The number of hydrogen-bond donors (Lipinski definition) is 3. The van der Waals surface area contributed by atoms with Crippen LogP contribution in [0.2, 0.25) is 0 Å². The minimum absolute atomic E-state index is 0.00608. The van der Waals surface area contributed by atoms with E-state index in [0.29, 0.717) is 19.4 Å². The maximum absolute atomic E-state index is 12.5. The van der Waals surface area contributed by atoms with E-state index in [9.17, 15) is 19.8 Å². The largest absolute Gasteiger partial charge is 0.466 e. The minimum Gasteiger partial charge on any atom is -0.466 e. The number of amides is 1. The lowest BCUT2D eigenvalue weighted by molar-refractivity contribution is -0.143. The molecule has 0 saturated carbocycles. The molecule has 0 heterocycles. The summed E-state index contributed by atoms with van der Waals surface area (Å²) in [5, 5.41) is 23.2. The van der Waals surface area contributed by atoms with E-state index in [1.807, 2.05) is 6.08 Å². The molecule has 3 N–H and O–H groups in total. The Bertz CT molecular complexity index is 1190. The highest BCUT2D eigenvalue weighted by atomic mass is 16.5. The van der Waals surface area contributed by atoms with Crippen LogP contribution in [0.5, 0.6) is 0 Å². The third kappa shape index (κ3) is 57.0. The summed E-state index contributed by atoms with van der Waals surface area (Å²) in [7, 11) is 0. The highest BCUT2D eigenvalue weighted by molar-refractivity contribution is 5.76. The molecule has 0 bridgehead atoms. The van der Waals surface area contributed by atoms with Crippen LogP contribution in [-0.2, 0) is 14.3 Å². The third-order valence-corrected chi connectivity index (χ3v) is 14.3. The first kappa shape index (κ1) is 68.8. The van der Waals surface area contributed by atoms with Crippen molar-refractivity contribution < 1.29 is 24.5 Å². The summed E-state index contributed by atoms with van der Waals surface area (Å²) in [5.41, 5.74) is 0. The normalized spacial score (nSPS) is 12.9. The van der Waals surface area contributed by atoms with Crippen molar-refractivity contribution in [2.24, 2.45) is 0 Å². The van der Waals surface area contributed by atoms with Crippen molar-refractivity contribution in [1.82, 2.24) is 5.32 Å². The van der Waals surface area contributed by atoms with Gasteiger partial charge in [0, 0.05) is 12.8 Å². The molecule has 0 radical (unpaired) electrons. The van der Waals surface area contributed by atoms with Gasteiger partial charge in [-0.25, -0.2) is 0 Å². The number of rotatable bonds is 58. The molecule has 0 aliphatic rings. The SMILES string of the molecule is CCCCCC/C=C\C/C=C\CCCCCCCC(=O)OCCCCCCCCCCCC/C=C\CCCCCCCCCC(=O)NC(CO)C(O)/C=C/CCCCCCCCCCCCCCCCC. The molecule has 71 heavy (non-hydrogen) atoms. The number of esters is 1. The first-order chi connectivity index (χ1) is 35.0. The summed E-state index contributed by atoms with van der Waals surface area (Å²) >= 11 is 0. The second-order valence-electron chi connectivity index (χ2n) is 21.4. The summed E-state index contributed by atoms with van der Waals surface area (Å²) in [6, 6.07) is -0.635. The highest BCUT2D eigenvalue weighted by Gasteiger charge is 2.18. The fourth-order valence-corrected chi connectivity index (χ4v) is 9.48. The molecule has 6 heteroatoms. The molecule has 2 unspecified atom stereocenters. The van der Waals surface area contributed by atoms with Gasteiger partial charge >= 0.3 is 5.97 Å². The van der Waals surface area contributed by atoms with Gasteiger partial charge in [-0.15, -0.1) is 0 Å². The molecule has 2 atom stereocenters. The topological polar surface area (TPSA) is 95.9 Å². The summed E-state index contributed by atoms with van der Waals surface area (Å²) in [6.45, 7) is 4.88. The van der Waals surface area contributed by atoms with Gasteiger partial charge in [0.2, 0.25) is 5.91 Å². The van der Waals surface area contributed by atoms with Gasteiger partial charge in [-0.05, 0) is 89.9 Å². The third-order valence-electron chi connectivity index (χ3n) is 14.3. The quantitative estimate of drug-likeness (QED) is 0.0321. The monoisotopic (exact) mass is 996 g/mol. The molecule has 1 amide bonds. The number of aliphatic hydroxyl groups is 2. The van der Waals surface area contributed by atoms with Gasteiger partial charge in [-0.2, -0.15) is 0 Å². The van der Waals surface area contributed by atoms with Crippen LogP contribution < -0.4 is 5.32 Å². The average Bonchev–Trinajstić information content (AvgIpc) is 3.37. The van der Waals surface area contributed by atoms with Crippen LogP contribution in [0, 0.1) is 0 Å². The summed E-state index contributed by atoms with van der Waals surface area (Å²) < 4.78 is 5.48. The summed E-state index contributed by atoms with van der Waals surface area (Å²) in [6.07, 6.45) is 77.2. The minimum atomic E-state index is -0.851. The lowest BCUT2D eigenvalue weighted by Crippen LogP contribution is -2.45. The van der Waals surface area contributed by atoms with Crippen molar-refractivity contribution in [1.29, 1.82) is 0 Å². The van der Waals surface area contributed by atoms with Crippen molar-refractivity contribution in [2.75, 3.05) is 13.2 Å². The van der Waals surface area contributed by atoms with E-state index in [1.54, 1.807) is 6.08 Å². The molecule has 0 fully saturated rings. The van der Waals surface area contributed by atoms with Crippen molar-refractivity contribution in [3.63, 3.8) is 0 Å². The zero-order valence-electron chi connectivity index (χ0n) is 47.5. The second-order valence-corrected chi connectivity index (χ2v) is 21.4. The predicted octanol–water partition coefficient (Wildman–Crippen LogP) is 19.7. The van der Waals surface area contributed by atoms with Crippen molar-refractivity contribution in [3.05, 3.63) is 48.6 Å². The number of carbonyl (C=O) groups is 2. The number of hydrogen-bond acceptors (Lipinski definition) is 5. The van der Waals surface area contributed by atoms with E-state index in [4.69, 9.17) is 4.74 Å². The van der Waals surface area contributed by atoms with Crippen LogP contribution in [0.4, 0.5) is 0 Å². The number of unbranched alkanes of at least 4 members (excludes halogenated alkanes) is 41. The Labute approximate surface area is 442 Å². The fourth-order valence-electron chi connectivity index (χ4n) is 9.48. The van der Waals surface area contributed by atoms with E-state index in [0.717, 1.165) is 57.8 Å². The number of carbonyl (C=O) groups excluding carboxylic acids is 2. The molecule has 0 aromatic heterocycles. The number of nitrogens with one attached hydrogen (secondary N) is 1. The first-order valence-corrected chi connectivity index (χ1v) is 31.4. The lowest BCUT2D eigenvalue weighted by Gasteiger charge is -2.20. The van der Waals surface area contributed by atoms with Crippen LogP contribution in [0.25, 0.3) is 0 Å². The molecule has 0 aromatic carbocycles. The molecule has 416 valence electrons. The molecular formula is C65H121NO5. The zero-order valence-corrected chi connectivity index (χ0v) is 47.5. The number of ether oxygens (including phenoxy) is 1. The van der Waals surface area contributed by atoms with Crippen molar-refractivity contribution >= 4 is 11.9 Å². The van der Waals surface area contributed by atoms with Gasteiger partial charge < -0.3 is 20.3 Å². The molecule has 0 aromatic rings. The van der Waals surface area contributed by atoms with Gasteiger partial charge in [0.15, 0.2) is 0 Å². The van der Waals surface area contributed by atoms with E-state index >= 15 is 0 Å². The highest BCUT2D eigenvalue weighted by Crippen LogP contribution is 2.17. The van der Waals surface area contributed by atoms with E-state index in [-0.39, 0.29) is 18.5 Å². The van der Waals surface area contributed by atoms with Gasteiger partial charge in [0.1, 0.15) is 0 Å². The fraction of sp³-hybridized carbons (Fsp3) is 0.846. The van der Waals surface area contributed by atoms with Crippen LogP contribution in [-0.4, -0.2) is 47.4 Å². The Morgan fingerprint density at radius 2 is 0.704 bits per heavy atom. The molecule has 0 aliphatic heterocycles. The first-order valence-electron chi connectivity index (χ1n) is 31.4. The Kier molecular flexibility index (Phi) is 58.5. The van der Waals surface area contributed by atoms with Crippen molar-refractivity contribution in [2.45, 2.75) is 341 Å². The standard InChI is InChI=1S/C65H121NO5/c1-3-5-7-9-11-13-15-17-19-26-29-33-37-41-45-49-53-57-63(68)62(61-67)66-64(69)58-54-50-46-42-38-34-30-27-24-22-21-23-25-28-32-36-40-44-48-52-56-60-71-65(70)59-55-51-47-43-39-35-31-20-18-16-14-12-10-8-6-4-2/h14,16,20,22,24,31,53,57,62-63,67-68H,3-13,15,17-19,21,23,25-30,32-52,54-56,58-61H2,1-2H3,(H,66,69)/b16-14-,24-22-,31-20-,57-53+. The Morgan fingerprint density at radius 1 is 0.394 bits per heavy atom. The molecule has 0 rings (SSSR count). The summed E-state index contributed by atoms with van der Waals surface area (Å²) in [4.78, 5) is 24.5. The lowest BCUT2D eigenvalue weighted by atomic mass is 10.0. The zero-order chi connectivity index (χ0) is 51.4. The van der Waals surface area contributed by atoms with Gasteiger partial charge in [0.05, 0.1) is 25.4 Å². The second kappa shape index (κ2) is 60.4. The Hall–Kier alpha value is -2.18. The van der Waals surface area contributed by atoms with Crippen LogP contribution in [0.15, 0.2) is 48.6 Å². The van der Waals surface area contributed by atoms with Crippen LogP contribution >= 0.6 is 0 Å². The van der Waals surface area contributed by atoms with Gasteiger partial charge in [-0.1, -0.05) is 274 Å². The smallest absolute Gasteiger partial charge is 0.305 e. The van der Waals surface area contributed by atoms with E-state index < -0.39 is 12.1 Å². The van der Waals surface area contributed by atoms with Gasteiger partial charge in [0.25, 0.3) is 0 Å². The molecular weight excluding hydrogens is 875 g/mol. The van der Waals surface area contributed by atoms with Gasteiger partial charge in [-0.3, -0.25) is 9.59 Å². The molecule has 0 saturated heterocycles. The van der Waals surface area contributed by atoms with Crippen LogP contribution in [0.3, 0.4) is 0 Å². The number of allylic oxidation sites excluding steroid dienone is 7. The Balaban J connectivity index is 3.46. The molecule has 6 nitrogen and oxygen atoms in total.